The average Bonchev–Trinajstić information content (AvgIpc) is 3.29. The summed E-state index contributed by atoms with van der Waals surface area (Å²) in [4.78, 5) is 2.62. The molecule has 1 heterocycles. The van der Waals surface area contributed by atoms with Crippen molar-refractivity contribution in [3.63, 3.8) is 0 Å². The van der Waals surface area contributed by atoms with Gasteiger partial charge in [-0.25, -0.2) is 0 Å². The van der Waals surface area contributed by atoms with Crippen LogP contribution in [0.2, 0.25) is 0 Å². The van der Waals surface area contributed by atoms with Crippen molar-refractivity contribution in [1.82, 2.24) is 0 Å². The van der Waals surface area contributed by atoms with E-state index in [4.69, 9.17) is 0 Å². The standard InChI is InChI=1S/C46H42BrN/c1-25(2)30-21-28-18-20-39(44-31(26(3)4)22-27-17-19-37(47)43(30)41(27)42(28)44)48-38-16-12-11-15-34(38)46(7,8)36-23-32-29-13-9-10-14-33(29)45(5,6)35(32)24-40(36)48/h9-26H,1-8H3. The van der Waals surface area contributed by atoms with Crippen LogP contribution in [0.25, 0.3) is 43.4 Å². The van der Waals surface area contributed by atoms with Gasteiger partial charge in [0, 0.05) is 26.1 Å². The van der Waals surface area contributed by atoms with Crippen LogP contribution in [0.1, 0.15) is 101 Å². The topological polar surface area (TPSA) is 3.24 Å². The predicted octanol–water partition coefficient (Wildman–Crippen LogP) is 14.0. The van der Waals surface area contributed by atoms with Gasteiger partial charge < -0.3 is 4.90 Å². The second kappa shape index (κ2) is 9.95. The highest BCUT2D eigenvalue weighted by Gasteiger charge is 2.42. The van der Waals surface area contributed by atoms with Crippen molar-refractivity contribution in [1.29, 1.82) is 0 Å². The fourth-order valence-corrected chi connectivity index (χ4v) is 9.84. The van der Waals surface area contributed by atoms with Gasteiger partial charge >= 0.3 is 0 Å². The lowest BCUT2D eigenvalue weighted by molar-refractivity contribution is 0.627. The van der Waals surface area contributed by atoms with Crippen LogP contribution in [0, 0.1) is 0 Å². The summed E-state index contributed by atoms with van der Waals surface area (Å²) >= 11 is 4.00. The maximum atomic E-state index is 4.00. The smallest absolute Gasteiger partial charge is 0.0543 e. The zero-order valence-corrected chi connectivity index (χ0v) is 30.8. The molecule has 1 aliphatic carbocycles. The number of para-hydroxylation sites is 1. The lowest BCUT2D eigenvalue weighted by Crippen LogP contribution is -2.31. The van der Waals surface area contributed by atoms with Crippen molar-refractivity contribution in [2.24, 2.45) is 0 Å². The highest BCUT2D eigenvalue weighted by Crippen LogP contribution is 2.59. The van der Waals surface area contributed by atoms with E-state index in [1.807, 2.05) is 0 Å². The molecule has 0 atom stereocenters. The first-order chi connectivity index (χ1) is 22.9. The first-order valence-electron chi connectivity index (χ1n) is 17.5. The van der Waals surface area contributed by atoms with E-state index in [1.54, 1.807) is 0 Å². The van der Waals surface area contributed by atoms with Gasteiger partial charge in [0.2, 0.25) is 0 Å². The van der Waals surface area contributed by atoms with Gasteiger partial charge in [-0.3, -0.25) is 0 Å². The van der Waals surface area contributed by atoms with Crippen molar-refractivity contribution in [2.75, 3.05) is 4.90 Å². The van der Waals surface area contributed by atoms with Gasteiger partial charge in [0.05, 0.1) is 17.1 Å². The van der Waals surface area contributed by atoms with Crippen LogP contribution < -0.4 is 4.90 Å². The third-order valence-electron chi connectivity index (χ3n) is 11.8. The SMILES string of the molecule is CC(C)c1cc2ccc(N3c4ccccc4C(C)(C)c4cc5c(cc43)C(C)(C)c3ccccc3-5)c3c(C(C)C)cc4ccc(Br)c1c4c23. The number of anilines is 3. The van der Waals surface area contributed by atoms with Crippen LogP contribution in [0.15, 0.2) is 102 Å². The lowest BCUT2D eigenvalue weighted by atomic mass is 9.71. The largest absolute Gasteiger partial charge is 0.309 e. The number of hydrogen-bond acceptors (Lipinski definition) is 1. The van der Waals surface area contributed by atoms with Crippen LogP contribution in [-0.4, -0.2) is 0 Å². The fraction of sp³-hybridized carbons (Fsp3) is 0.261. The normalized spacial score (nSPS) is 15.9. The summed E-state index contributed by atoms with van der Waals surface area (Å²) in [6, 6.07) is 37.5. The Morgan fingerprint density at radius 2 is 1.06 bits per heavy atom. The van der Waals surface area contributed by atoms with Crippen molar-refractivity contribution < 1.29 is 0 Å². The number of halogens is 1. The third-order valence-corrected chi connectivity index (χ3v) is 12.4. The van der Waals surface area contributed by atoms with Gasteiger partial charge in [-0.05, 0) is 108 Å². The summed E-state index contributed by atoms with van der Waals surface area (Å²) in [6.45, 7) is 19.0. The first-order valence-corrected chi connectivity index (χ1v) is 18.3. The van der Waals surface area contributed by atoms with Crippen LogP contribution in [-0.2, 0) is 10.8 Å². The molecule has 1 aliphatic heterocycles. The molecule has 0 fully saturated rings. The van der Waals surface area contributed by atoms with Gasteiger partial charge in [-0.1, -0.05) is 138 Å². The van der Waals surface area contributed by atoms with E-state index < -0.39 is 0 Å². The molecule has 2 heteroatoms. The molecule has 0 bridgehead atoms. The molecule has 0 radical (unpaired) electrons. The Bertz CT molecular complexity index is 2480. The number of fused-ring (bicyclic) bond motifs is 5. The monoisotopic (exact) mass is 687 g/mol. The summed E-state index contributed by atoms with van der Waals surface area (Å²) in [6.07, 6.45) is 0. The minimum atomic E-state index is -0.166. The van der Waals surface area contributed by atoms with Crippen LogP contribution in [0.3, 0.4) is 0 Å². The molecular formula is C46H42BrN. The van der Waals surface area contributed by atoms with Crippen molar-refractivity contribution in [3.05, 3.63) is 135 Å². The molecular weight excluding hydrogens is 646 g/mol. The molecule has 0 aromatic heterocycles. The minimum Gasteiger partial charge on any atom is -0.309 e. The zero-order chi connectivity index (χ0) is 33.4. The third kappa shape index (κ3) is 3.79. The van der Waals surface area contributed by atoms with Crippen LogP contribution in [0.5, 0.6) is 0 Å². The highest BCUT2D eigenvalue weighted by molar-refractivity contribution is 9.10. The van der Waals surface area contributed by atoms with E-state index in [0.717, 1.165) is 0 Å². The first kappa shape index (κ1) is 30.0. The fourth-order valence-electron chi connectivity index (χ4n) is 9.28. The molecule has 0 unspecified atom stereocenters. The van der Waals surface area contributed by atoms with Crippen molar-refractivity contribution >= 4 is 65.3 Å². The molecule has 0 N–H and O–H groups in total. The molecule has 0 saturated heterocycles. The van der Waals surface area contributed by atoms with E-state index in [-0.39, 0.29) is 10.8 Å². The van der Waals surface area contributed by atoms with E-state index in [1.165, 1.54) is 98.4 Å². The highest BCUT2D eigenvalue weighted by atomic mass is 79.9. The number of hydrogen-bond donors (Lipinski definition) is 0. The molecule has 2 aliphatic rings. The van der Waals surface area contributed by atoms with E-state index in [0.29, 0.717) is 11.8 Å². The molecule has 238 valence electrons. The maximum Gasteiger partial charge on any atom is 0.0543 e. The Labute approximate surface area is 293 Å². The molecule has 9 rings (SSSR count). The Morgan fingerprint density at radius 3 is 1.77 bits per heavy atom. The van der Waals surface area contributed by atoms with Crippen molar-refractivity contribution in [3.8, 4) is 11.1 Å². The Hall–Kier alpha value is -4.14. The number of nitrogens with zero attached hydrogens (tertiary/aromatic N) is 1. The molecule has 7 aromatic carbocycles. The van der Waals surface area contributed by atoms with Crippen LogP contribution in [0.4, 0.5) is 17.1 Å². The number of benzene rings is 7. The molecule has 0 saturated carbocycles. The number of rotatable bonds is 3. The summed E-state index contributed by atoms with van der Waals surface area (Å²) < 4.78 is 1.18. The summed E-state index contributed by atoms with van der Waals surface area (Å²) in [7, 11) is 0. The second-order valence-electron chi connectivity index (χ2n) is 15.9. The van der Waals surface area contributed by atoms with E-state index in [9.17, 15) is 0 Å². The van der Waals surface area contributed by atoms with E-state index in [2.05, 4.69) is 173 Å². The molecule has 0 spiro atoms. The average molecular weight is 689 g/mol. The quantitative estimate of drug-likeness (QED) is 0.167. The minimum absolute atomic E-state index is 0.0843. The lowest BCUT2D eigenvalue weighted by Gasteiger charge is -2.43. The van der Waals surface area contributed by atoms with E-state index >= 15 is 0 Å². The van der Waals surface area contributed by atoms with Gasteiger partial charge in [-0.2, -0.15) is 0 Å². The van der Waals surface area contributed by atoms with Crippen LogP contribution >= 0.6 is 15.9 Å². The van der Waals surface area contributed by atoms with Gasteiger partial charge in [0.1, 0.15) is 0 Å². The summed E-state index contributed by atoms with van der Waals surface area (Å²) in [5, 5.41) is 8.14. The molecule has 1 nitrogen and oxygen atoms in total. The zero-order valence-electron chi connectivity index (χ0n) is 29.2. The molecule has 0 amide bonds. The summed E-state index contributed by atoms with van der Waals surface area (Å²) in [5.41, 5.74) is 14.7. The Balaban J connectivity index is 1.44. The van der Waals surface area contributed by atoms with Gasteiger partial charge in [-0.15, -0.1) is 0 Å². The van der Waals surface area contributed by atoms with Gasteiger partial charge in [0.25, 0.3) is 0 Å². The van der Waals surface area contributed by atoms with Gasteiger partial charge in [0.15, 0.2) is 0 Å². The second-order valence-corrected chi connectivity index (χ2v) is 16.7. The maximum absolute atomic E-state index is 4.00. The molecule has 48 heavy (non-hydrogen) atoms. The summed E-state index contributed by atoms with van der Waals surface area (Å²) in [5.74, 6) is 0.771. The van der Waals surface area contributed by atoms with Crippen molar-refractivity contribution in [2.45, 2.75) is 78.1 Å². The molecule has 7 aromatic rings. The Kier molecular flexibility index (Phi) is 6.21. The predicted molar refractivity (Wildman–Crippen MR) is 210 cm³/mol. The Morgan fingerprint density at radius 1 is 0.479 bits per heavy atom.